The average Bonchev–Trinajstić information content (AvgIpc) is 2.69. The predicted molar refractivity (Wildman–Crippen MR) is 110 cm³/mol. The van der Waals surface area contributed by atoms with Crippen LogP contribution in [-0.2, 0) is 0 Å². The zero-order valence-corrected chi connectivity index (χ0v) is 15.5. The number of fused-ring (bicyclic) bond motifs is 2. The van der Waals surface area contributed by atoms with E-state index in [2.05, 4.69) is 0 Å². The van der Waals surface area contributed by atoms with Gasteiger partial charge < -0.3 is 19.8 Å². The standard InChI is InChI=1S/C23H19NO4/c1-24(2)23(27)28-19-13-15-8-4-6-10-17(15)21(22(19)26)20-16-9-5-3-7-14(16)11-12-18(20)25/h3-13,25-26H,1-2H3. The average molecular weight is 373 g/mol. The van der Waals surface area contributed by atoms with Gasteiger partial charge in [0.1, 0.15) is 5.75 Å². The van der Waals surface area contributed by atoms with E-state index in [1.54, 1.807) is 26.2 Å². The molecule has 4 aromatic carbocycles. The maximum atomic E-state index is 12.1. The van der Waals surface area contributed by atoms with Crippen LogP contribution in [0.3, 0.4) is 0 Å². The first kappa shape index (κ1) is 17.7. The van der Waals surface area contributed by atoms with E-state index < -0.39 is 6.09 Å². The molecule has 5 heteroatoms. The summed E-state index contributed by atoms with van der Waals surface area (Å²) in [7, 11) is 3.13. The second kappa shape index (κ2) is 6.78. The Balaban J connectivity index is 2.08. The van der Waals surface area contributed by atoms with E-state index in [-0.39, 0.29) is 17.2 Å². The lowest BCUT2D eigenvalue weighted by molar-refractivity contribution is 0.170. The van der Waals surface area contributed by atoms with Gasteiger partial charge >= 0.3 is 6.09 Å². The van der Waals surface area contributed by atoms with Crippen molar-refractivity contribution in [3.63, 3.8) is 0 Å². The van der Waals surface area contributed by atoms with E-state index in [0.29, 0.717) is 11.1 Å². The van der Waals surface area contributed by atoms with Crippen LogP contribution in [0, 0.1) is 0 Å². The van der Waals surface area contributed by atoms with Gasteiger partial charge in [0.25, 0.3) is 0 Å². The van der Waals surface area contributed by atoms with Crippen molar-refractivity contribution in [1.29, 1.82) is 0 Å². The number of carbonyl (C=O) groups excluding carboxylic acids is 1. The number of amides is 1. The van der Waals surface area contributed by atoms with E-state index in [1.165, 1.54) is 4.90 Å². The second-order valence-electron chi connectivity index (χ2n) is 6.76. The Labute approximate surface area is 162 Å². The maximum absolute atomic E-state index is 12.1. The molecule has 0 saturated carbocycles. The Morgan fingerprint density at radius 3 is 2.11 bits per heavy atom. The lowest BCUT2D eigenvalue weighted by Crippen LogP contribution is -2.25. The van der Waals surface area contributed by atoms with Gasteiger partial charge in [0.2, 0.25) is 0 Å². The summed E-state index contributed by atoms with van der Waals surface area (Å²) >= 11 is 0. The Morgan fingerprint density at radius 1 is 0.821 bits per heavy atom. The molecule has 0 unspecified atom stereocenters. The molecule has 140 valence electrons. The van der Waals surface area contributed by atoms with Gasteiger partial charge in [-0.25, -0.2) is 4.79 Å². The van der Waals surface area contributed by atoms with Crippen LogP contribution in [0.15, 0.2) is 66.7 Å². The van der Waals surface area contributed by atoms with Crippen LogP contribution in [0.4, 0.5) is 4.79 Å². The number of hydrogen-bond acceptors (Lipinski definition) is 4. The molecule has 4 aromatic rings. The number of phenols is 2. The monoisotopic (exact) mass is 373 g/mol. The zero-order valence-electron chi connectivity index (χ0n) is 15.5. The number of hydrogen-bond donors (Lipinski definition) is 2. The Morgan fingerprint density at radius 2 is 1.43 bits per heavy atom. The normalized spacial score (nSPS) is 10.9. The minimum absolute atomic E-state index is 0.0373. The van der Waals surface area contributed by atoms with Gasteiger partial charge in [-0.3, -0.25) is 0 Å². The topological polar surface area (TPSA) is 70.0 Å². The van der Waals surface area contributed by atoms with Gasteiger partial charge in [-0.2, -0.15) is 0 Å². The summed E-state index contributed by atoms with van der Waals surface area (Å²) < 4.78 is 5.38. The Kier molecular flexibility index (Phi) is 4.28. The van der Waals surface area contributed by atoms with Crippen molar-refractivity contribution in [2.24, 2.45) is 0 Å². The molecule has 0 aromatic heterocycles. The van der Waals surface area contributed by atoms with E-state index in [1.807, 2.05) is 54.6 Å². The van der Waals surface area contributed by atoms with Crippen LogP contribution >= 0.6 is 0 Å². The predicted octanol–water partition coefficient (Wildman–Crippen LogP) is 5.13. The third kappa shape index (κ3) is 2.87. The third-order valence-corrected chi connectivity index (χ3v) is 4.71. The summed E-state index contributed by atoms with van der Waals surface area (Å²) in [4.78, 5) is 13.4. The summed E-state index contributed by atoms with van der Waals surface area (Å²) in [5.74, 6) is -0.115. The molecule has 28 heavy (non-hydrogen) atoms. The molecule has 2 N–H and O–H groups in total. The van der Waals surface area contributed by atoms with Crippen molar-refractivity contribution in [2.75, 3.05) is 14.1 Å². The highest BCUT2D eigenvalue weighted by Gasteiger charge is 2.22. The van der Waals surface area contributed by atoms with E-state index in [9.17, 15) is 15.0 Å². The lowest BCUT2D eigenvalue weighted by Gasteiger charge is -2.18. The van der Waals surface area contributed by atoms with Gasteiger partial charge in [-0.05, 0) is 33.7 Å². The van der Waals surface area contributed by atoms with Crippen LogP contribution in [0.2, 0.25) is 0 Å². The number of benzene rings is 4. The molecule has 0 aliphatic heterocycles. The van der Waals surface area contributed by atoms with Crippen LogP contribution in [0.25, 0.3) is 32.7 Å². The van der Waals surface area contributed by atoms with Crippen molar-refractivity contribution < 1.29 is 19.7 Å². The largest absolute Gasteiger partial charge is 0.507 e. The molecule has 0 atom stereocenters. The van der Waals surface area contributed by atoms with Crippen molar-refractivity contribution in [2.45, 2.75) is 0 Å². The second-order valence-corrected chi connectivity index (χ2v) is 6.76. The fraction of sp³-hybridized carbons (Fsp3) is 0.0870. The number of nitrogens with zero attached hydrogens (tertiary/aromatic N) is 1. The van der Waals surface area contributed by atoms with Crippen LogP contribution in [-0.4, -0.2) is 35.3 Å². The lowest BCUT2D eigenvalue weighted by atomic mass is 9.92. The molecular formula is C23H19NO4. The minimum atomic E-state index is -0.598. The summed E-state index contributed by atoms with van der Waals surface area (Å²) in [6.45, 7) is 0. The highest BCUT2D eigenvalue weighted by Crippen LogP contribution is 2.48. The number of rotatable bonds is 2. The molecule has 0 saturated heterocycles. The molecule has 0 aliphatic rings. The van der Waals surface area contributed by atoms with Crippen molar-refractivity contribution in [1.82, 2.24) is 4.90 Å². The van der Waals surface area contributed by atoms with Crippen LogP contribution in [0.1, 0.15) is 0 Å². The van der Waals surface area contributed by atoms with E-state index in [0.717, 1.165) is 21.5 Å². The van der Waals surface area contributed by atoms with E-state index >= 15 is 0 Å². The summed E-state index contributed by atoms with van der Waals surface area (Å²) in [5.41, 5.74) is 0.920. The molecule has 0 fully saturated rings. The van der Waals surface area contributed by atoms with Crippen molar-refractivity contribution in [3.05, 3.63) is 66.7 Å². The van der Waals surface area contributed by atoms with E-state index in [4.69, 9.17) is 4.74 Å². The highest BCUT2D eigenvalue weighted by atomic mass is 16.6. The molecule has 0 aliphatic carbocycles. The fourth-order valence-electron chi connectivity index (χ4n) is 3.35. The molecule has 0 heterocycles. The quantitative estimate of drug-likeness (QED) is 0.511. The molecule has 0 spiro atoms. The van der Waals surface area contributed by atoms with Crippen LogP contribution < -0.4 is 4.74 Å². The number of carbonyl (C=O) groups is 1. The summed E-state index contributed by atoms with van der Waals surface area (Å²) in [6, 6.07) is 20.1. The van der Waals surface area contributed by atoms with Gasteiger partial charge in [0, 0.05) is 25.2 Å². The SMILES string of the molecule is CN(C)C(=O)Oc1cc2ccccc2c(-c2c(O)ccc3ccccc23)c1O. The third-order valence-electron chi connectivity index (χ3n) is 4.71. The van der Waals surface area contributed by atoms with Crippen LogP contribution in [0.5, 0.6) is 17.2 Å². The molecule has 0 radical (unpaired) electrons. The molecule has 5 nitrogen and oxygen atoms in total. The first-order chi connectivity index (χ1) is 13.5. The zero-order chi connectivity index (χ0) is 19.8. The molecule has 0 bridgehead atoms. The first-order valence-electron chi connectivity index (χ1n) is 8.82. The Bertz CT molecular complexity index is 1210. The minimum Gasteiger partial charge on any atom is -0.507 e. The summed E-state index contributed by atoms with van der Waals surface area (Å²) in [5, 5.41) is 25.0. The van der Waals surface area contributed by atoms with Gasteiger partial charge in [0.15, 0.2) is 11.5 Å². The molecule has 4 rings (SSSR count). The molecule has 1 amide bonds. The molecular weight excluding hydrogens is 354 g/mol. The maximum Gasteiger partial charge on any atom is 0.414 e. The first-order valence-corrected chi connectivity index (χ1v) is 8.82. The van der Waals surface area contributed by atoms with Gasteiger partial charge in [-0.15, -0.1) is 0 Å². The fourth-order valence-corrected chi connectivity index (χ4v) is 3.35. The highest BCUT2D eigenvalue weighted by molar-refractivity contribution is 6.10. The summed E-state index contributed by atoms with van der Waals surface area (Å²) in [6.07, 6.45) is -0.598. The number of aromatic hydroxyl groups is 2. The van der Waals surface area contributed by atoms with Gasteiger partial charge in [-0.1, -0.05) is 54.6 Å². The van der Waals surface area contributed by atoms with Gasteiger partial charge in [0.05, 0.1) is 0 Å². The van der Waals surface area contributed by atoms with Crippen molar-refractivity contribution in [3.8, 4) is 28.4 Å². The smallest absolute Gasteiger partial charge is 0.414 e. The van der Waals surface area contributed by atoms with Crippen molar-refractivity contribution >= 4 is 27.6 Å². The Hall–Kier alpha value is -3.73. The number of phenolic OH excluding ortho intramolecular Hbond substituents is 2. The number of ether oxygens (including phenoxy) is 1.